The van der Waals surface area contributed by atoms with Crippen LogP contribution in [0.15, 0.2) is 43.0 Å². The molecule has 2 heterocycles. The average molecular weight is 308 g/mol. The highest BCUT2D eigenvalue weighted by Crippen LogP contribution is 2.50. The zero-order chi connectivity index (χ0) is 16.0. The van der Waals surface area contributed by atoms with Crippen LogP contribution in [0, 0.1) is 0 Å². The Morgan fingerprint density at radius 2 is 2.13 bits per heavy atom. The molecule has 2 aliphatic heterocycles. The summed E-state index contributed by atoms with van der Waals surface area (Å²) in [6, 6.07) is 10.3. The second kappa shape index (κ2) is 5.43. The summed E-state index contributed by atoms with van der Waals surface area (Å²) in [5.74, 6) is 1.18. The van der Waals surface area contributed by atoms with E-state index < -0.39 is 0 Å². The summed E-state index contributed by atoms with van der Waals surface area (Å²) in [5.41, 5.74) is 5.40. The first kappa shape index (κ1) is 14.3. The molecule has 23 heavy (non-hydrogen) atoms. The van der Waals surface area contributed by atoms with E-state index in [4.69, 9.17) is 9.47 Å². The molecule has 2 aromatic carbocycles. The maximum Gasteiger partial charge on any atom is 0.125 e. The Kier molecular flexibility index (Phi) is 3.38. The number of phenols is 1. The third-order valence-corrected chi connectivity index (χ3v) is 4.92. The summed E-state index contributed by atoms with van der Waals surface area (Å²) < 4.78 is 11.9. The Bertz CT molecular complexity index is 779. The highest BCUT2D eigenvalue weighted by Gasteiger charge is 2.38. The van der Waals surface area contributed by atoms with Gasteiger partial charge in [-0.05, 0) is 23.6 Å². The van der Waals surface area contributed by atoms with E-state index in [9.17, 15) is 5.11 Å². The van der Waals surface area contributed by atoms with Crippen LogP contribution in [0.3, 0.4) is 0 Å². The molecule has 0 fully saturated rings. The summed E-state index contributed by atoms with van der Waals surface area (Å²) in [5, 5.41) is 10.7. The first-order valence-electron chi connectivity index (χ1n) is 7.98. The Hall–Kier alpha value is -2.26. The van der Waals surface area contributed by atoms with Gasteiger partial charge in [0, 0.05) is 29.5 Å². The third kappa shape index (κ3) is 2.15. The predicted octanol–water partition coefficient (Wildman–Crippen LogP) is 4.04. The Morgan fingerprint density at radius 1 is 1.30 bits per heavy atom. The molecule has 2 atom stereocenters. The van der Waals surface area contributed by atoms with Gasteiger partial charge in [0.25, 0.3) is 0 Å². The van der Waals surface area contributed by atoms with E-state index in [1.807, 2.05) is 12.1 Å². The molecular weight excluding hydrogens is 288 g/mol. The van der Waals surface area contributed by atoms with Crippen molar-refractivity contribution in [3.05, 3.63) is 70.8 Å². The van der Waals surface area contributed by atoms with Crippen molar-refractivity contribution in [2.75, 3.05) is 7.11 Å². The van der Waals surface area contributed by atoms with E-state index in [1.54, 1.807) is 13.2 Å². The molecule has 2 aromatic rings. The number of ether oxygens (including phenoxy) is 2. The van der Waals surface area contributed by atoms with Gasteiger partial charge >= 0.3 is 0 Å². The monoisotopic (exact) mass is 308 g/mol. The summed E-state index contributed by atoms with van der Waals surface area (Å²) in [6.07, 6.45) is 3.87. The molecule has 0 aromatic heterocycles. The zero-order valence-corrected chi connectivity index (χ0v) is 13.2. The topological polar surface area (TPSA) is 38.7 Å². The van der Waals surface area contributed by atoms with Gasteiger partial charge in [0.2, 0.25) is 0 Å². The lowest BCUT2D eigenvalue weighted by molar-refractivity contribution is -0.0409. The summed E-state index contributed by atoms with van der Waals surface area (Å²) >= 11 is 0. The van der Waals surface area contributed by atoms with E-state index >= 15 is 0 Å². The molecule has 2 bridgehead atoms. The van der Waals surface area contributed by atoms with Crippen molar-refractivity contribution in [2.45, 2.75) is 31.5 Å². The standard InChI is InChI=1S/C20H20O3/c1-3-6-13-10-17(22-2)19-15(20(13)21)11-16-14-8-5-4-7-12(14)9-18(19)23-16/h3-5,7-8,10,16,18,21H,1,6,9,11H2,2H3/t16-,18-/m1/s1. The maximum atomic E-state index is 10.7. The van der Waals surface area contributed by atoms with Gasteiger partial charge in [0.05, 0.1) is 19.3 Å². The number of hydrogen-bond donors (Lipinski definition) is 1. The lowest BCUT2D eigenvalue weighted by Gasteiger charge is -2.39. The molecule has 3 nitrogen and oxygen atoms in total. The SMILES string of the molecule is C=CCc1cc(OC)c2c(c1O)C[C@H]1O[C@@H]2Cc2ccccc21. The number of methoxy groups -OCH3 is 1. The van der Waals surface area contributed by atoms with Crippen LogP contribution < -0.4 is 4.74 Å². The molecule has 0 saturated heterocycles. The molecular formula is C20H20O3. The van der Waals surface area contributed by atoms with Crippen molar-refractivity contribution in [3.8, 4) is 11.5 Å². The molecule has 0 unspecified atom stereocenters. The first-order chi connectivity index (χ1) is 11.2. The fraction of sp³-hybridized carbons (Fsp3) is 0.300. The van der Waals surface area contributed by atoms with Crippen molar-refractivity contribution >= 4 is 0 Å². The van der Waals surface area contributed by atoms with Crippen molar-refractivity contribution in [3.63, 3.8) is 0 Å². The second-order valence-electron chi connectivity index (χ2n) is 6.19. The molecule has 0 spiro atoms. The van der Waals surface area contributed by atoms with Crippen LogP contribution in [0.1, 0.15) is 40.0 Å². The fourth-order valence-electron chi connectivity index (χ4n) is 3.88. The van der Waals surface area contributed by atoms with Gasteiger partial charge in [-0.2, -0.15) is 0 Å². The minimum Gasteiger partial charge on any atom is -0.507 e. The smallest absolute Gasteiger partial charge is 0.125 e. The molecule has 0 aliphatic carbocycles. The van der Waals surface area contributed by atoms with E-state index in [-0.39, 0.29) is 12.2 Å². The van der Waals surface area contributed by atoms with Gasteiger partial charge < -0.3 is 14.6 Å². The summed E-state index contributed by atoms with van der Waals surface area (Å²) in [4.78, 5) is 0. The minimum absolute atomic E-state index is 0.00652. The van der Waals surface area contributed by atoms with Crippen LogP contribution in [0.5, 0.6) is 11.5 Å². The molecule has 118 valence electrons. The van der Waals surface area contributed by atoms with Crippen molar-refractivity contribution in [2.24, 2.45) is 0 Å². The highest BCUT2D eigenvalue weighted by molar-refractivity contribution is 5.57. The number of aromatic hydroxyl groups is 1. The third-order valence-electron chi connectivity index (χ3n) is 4.92. The van der Waals surface area contributed by atoms with E-state index in [2.05, 4.69) is 24.8 Å². The number of allylic oxidation sites excluding steroid dienone is 1. The summed E-state index contributed by atoms with van der Waals surface area (Å²) in [7, 11) is 1.67. The quantitative estimate of drug-likeness (QED) is 0.870. The van der Waals surface area contributed by atoms with E-state index in [0.29, 0.717) is 18.6 Å². The van der Waals surface area contributed by atoms with E-state index in [1.165, 1.54) is 11.1 Å². The lowest BCUT2D eigenvalue weighted by atomic mass is 9.80. The highest BCUT2D eigenvalue weighted by atomic mass is 16.5. The minimum atomic E-state index is -0.0581. The van der Waals surface area contributed by atoms with E-state index in [0.717, 1.165) is 28.9 Å². The van der Waals surface area contributed by atoms with Crippen LogP contribution in [0.4, 0.5) is 0 Å². The zero-order valence-electron chi connectivity index (χ0n) is 13.2. The molecule has 0 amide bonds. The van der Waals surface area contributed by atoms with Crippen LogP contribution in [0.2, 0.25) is 0 Å². The van der Waals surface area contributed by atoms with Crippen molar-refractivity contribution < 1.29 is 14.6 Å². The van der Waals surface area contributed by atoms with Crippen LogP contribution >= 0.6 is 0 Å². The van der Waals surface area contributed by atoms with Gasteiger partial charge in [-0.15, -0.1) is 6.58 Å². The number of fused-ring (bicyclic) bond motifs is 6. The lowest BCUT2D eigenvalue weighted by Crippen LogP contribution is -2.28. The number of phenolic OH excluding ortho intramolecular Hbond substituents is 1. The number of hydrogen-bond acceptors (Lipinski definition) is 3. The maximum absolute atomic E-state index is 10.7. The first-order valence-corrected chi connectivity index (χ1v) is 7.98. The average Bonchev–Trinajstić information content (AvgIpc) is 2.58. The molecule has 3 heteroatoms. The molecule has 4 rings (SSSR count). The Labute approximate surface area is 136 Å². The van der Waals surface area contributed by atoms with Crippen LogP contribution in [0.25, 0.3) is 0 Å². The van der Waals surface area contributed by atoms with Gasteiger partial charge in [-0.3, -0.25) is 0 Å². The predicted molar refractivity (Wildman–Crippen MR) is 89.0 cm³/mol. The van der Waals surface area contributed by atoms with Gasteiger partial charge in [-0.25, -0.2) is 0 Å². The van der Waals surface area contributed by atoms with Gasteiger partial charge in [0.1, 0.15) is 11.5 Å². The van der Waals surface area contributed by atoms with Crippen molar-refractivity contribution in [1.29, 1.82) is 0 Å². The summed E-state index contributed by atoms with van der Waals surface area (Å²) in [6.45, 7) is 3.78. The molecule has 0 radical (unpaired) electrons. The molecule has 2 aliphatic rings. The Morgan fingerprint density at radius 3 is 2.91 bits per heavy atom. The normalized spacial score (nSPS) is 21.3. The van der Waals surface area contributed by atoms with Gasteiger partial charge in [-0.1, -0.05) is 30.3 Å². The van der Waals surface area contributed by atoms with Crippen molar-refractivity contribution in [1.82, 2.24) is 0 Å². The van der Waals surface area contributed by atoms with Crippen LogP contribution in [-0.4, -0.2) is 12.2 Å². The molecule has 1 N–H and O–H groups in total. The number of benzene rings is 2. The Balaban J connectivity index is 1.88. The van der Waals surface area contributed by atoms with Crippen LogP contribution in [-0.2, 0) is 24.0 Å². The molecule has 0 saturated carbocycles. The largest absolute Gasteiger partial charge is 0.507 e. The fourth-order valence-corrected chi connectivity index (χ4v) is 3.88. The second-order valence-corrected chi connectivity index (χ2v) is 6.19. The number of rotatable bonds is 3. The van der Waals surface area contributed by atoms with Gasteiger partial charge in [0.15, 0.2) is 0 Å².